The van der Waals surface area contributed by atoms with Gasteiger partial charge in [0.05, 0.1) is 17.0 Å². The zero-order valence-corrected chi connectivity index (χ0v) is 16.0. The van der Waals surface area contributed by atoms with Crippen molar-refractivity contribution in [3.63, 3.8) is 0 Å². The van der Waals surface area contributed by atoms with Gasteiger partial charge in [0.15, 0.2) is 0 Å². The Morgan fingerprint density at radius 1 is 1.22 bits per heavy atom. The predicted molar refractivity (Wildman–Crippen MR) is 107 cm³/mol. The first kappa shape index (κ1) is 17.6. The molecule has 1 N–H and O–H groups in total. The number of aromatic nitrogens is 2. The van der Waals surface area contributed by atoms with Crippen LogP contribution < -0.4 is 4.90 Å². The Morgan fingerprint density at radius 2 is 1.96 bits per heavy atom. The molecule has 2 unspecified atom stereocenters. The second-order valence-corrected chi connectivity index (χ2v) is 7.52. The number of aryl methyl sites for hydroxylation is 2. The van der Waals surface area contributed by atoms with E-state index in [0.29, 0.717) is 12.5 Å². The fraction of sp³-hybridized carbons (Fsp3) is 0.364. The van der Waals surface area contributed by atoms with Gasteiger partial charge in [-0.3, -0.25) is 4.79 Å². The molecule has 2 heterocycles. The van der Waals surface area contributed by atoms with Gasteiger partial charge in [-0.25, -0.2) is 4.98 Å². The van der Waals surface area contributed by atoms with Crippen molar-refractivity contribution in [2.24, 2.45) is 7.05 Å². The van der Waals surface area contributed by atoms with E-state index in [2.05, 4.69) is 31.0 Å². The lowest BCUT2D eigenvalue weighted by atomic mass is 9.95. The van der Waals surface area contributed by atoms with Crippen molar-refractivity contribution < 1.29 is 9.90 Å². The summed E-state index contributed by atoms with van der Waals surface area (Å²) in [4.78, 5) is 19.1. The molecule has 5 nitrogen and oxygen atoms in total. The molecule has 3 aromatic rings. The number of benzene rings is 2. The SMILES string of the molecule is CC1CCc2c(ccc3c2nc(CC(C(=O)O)c2ccccc2)n3C)N1C. The number of carboxylic acid groups (broad SMARTS) is 1. The van der Waals surface area contributed by atoms with Gasteiger partial charge >= 0.3 is 5.97 Å². The number of anilines is 1. The summed E-state index contributed by atoms with van der Waals surface area (Å²) in [5.41, 5.74) is 5.42. The summed E-state index contributed by atoms with van der Waals surface area (Å²) in [7, 11) is 4.12. The number of imidazole rings is 1. The minimum Gasteiger partial charge on any atom is -0.481 e. The summed E-state index contributed by atoms with van der Waals surface area (Å²) in [5.74, 6) is -0.597. The van der Waals surface area contributed by atoms with Gasteiger partial charge < -0.3 is 14.6 Å². The number of fused-ring (bicyclic) bond motifs is 3. The van der Waals surface area contributed by atoms with E-state index in [9.17, 15) is 9.90 Å². The number of rotatable bonds is 4. The molecule has 0 spiro atoms. The highest BCUT2D eigenvalue weighted by atomic mass is 16.4. The largest absolute Gasteiger partial charge is 0.481 e. The van der Waals surface area contributed by atoms with Gasteiger partial charge in [0.1, 0.15) is 5.82 Å². The Hall–Kier alpha value is -2.82. The zero-order chi connectivity index (χ0) is 19.1. The molecule has 5 heteroatoms. The Balaban J connectivity index is 1.77. The first-order chi connectivity index (χ1) is 13.0. The van der Waals surface area contributed by atoms with E-state index in [1.165, 1.54) is 11.3 Å². The molecule has 140 valence electrons. The van der Waals surface area contributed by atoms with Crippen LogP contribution in [0.3, 0.4) is 0 Å². The molecule has 1 aliphatic heterocycles. The highest BCUT2D eigenvalue weighted by Crippen LogP contribution is 2.35. The van der Waals surface area contributed by atoms with E-state index in [1.54, 1.807) is 0 Å². The van der Waals surface area contributed by atoms with Gasteiger partial charge in [-0.2, -0.15) is 0 Å². The summed E-state index contributed by atoms with van der Waals surface area (Å²) in [6.07, 6.45) is 2.50. The molecule has 1 aromatic heterocycles. The molecule has 0 saturated heterocycles. The third kappa shape index (κ3) is 2.97. The number of hydrogen-bond donors (Lipinski definition) is 1. The van der Waals surface area contributed by atoms with Crippen LogP contribution in [-0.2, 0) is 24.7 Å². The molecule has 0 fully saturated rings. The lowest BCUT2D eigenvalue weighted by Crippen LogP contribution is -2.33. The van der Waals surface area contributed by atoms with Gasteiger partial charge in [-0.15, -0.1) is 0 Å². The van der Waals surface area contributed by atoms with Crippen LogP contribution in [0.4, 0.5) is 5.69 Å². The third-order valence-corrected chi connectivity index (χ3v) is 5.97. The first-order valence-electron chi connectivity index (χ1n) is 9.45. The number of aliphatic carboxylic acids is 1. The van der Waals surface area contributed by atoms with Gasteiger partial charge in [0.25, 0.3) is 0 Å². The monoisotopic (exact) mass is 363 g/mol. The minimum atomic E-state index is -0.816. The van der Waals surface area contributed by atoms with Gasteiger partial charge in [-0.1, -0.05) is 30.3 Å². The van der Waals surface area contributed by atoms with E-state index in [0.717, 1.165) is 35.3 Å². The van der Waals surface area contributed by atoms with Crippen LogP contribution in [0.15, 0.2) is 42.5 Å². The van der Waals surface area contributed by atoms with Gasteiger partial charge in [0, 0.05) is 37.8 Å². The molecule has 2 atom stereocenters. The van der Waals surface area contributed by atoms with E-state index >= 15 is 0 Å². The standard InChI is InChI=1S/C22H25N3O2/c1-14-9-10-16-18(24(14)2)11-12-19-21(16)23-20(25(19)3)13-17(22(26)27)15-7-5-4-6-8-15/h4-8,11-12,14,17H,9-10,13H2,1-3H3,(H,26,27). The van der Waals surface area contributed by atoms with Crippen molar-refractivity contribution in [1.82, 2.24) is 9.55 Å². The molecule has 27 heavy (non-hydrogen) atoms. The molecule has 2 aromatic carbocycles. The van der Waals surface area contributed by atoms with Crippen LogP contribution in [0.25, 0.3) is 11.0 Å². The molecule has 0 saturated carbocycles. The van der Waals surface area contributed by atoms with Crippen LogP contribution in [-0.4, -0.2) is 33.7 Å². The van der Waals surface area contributed by atoms with E-state index in [-0.39, 0.29) is 0 Å². The minimum absolute atomic E-state index is 0.380. The lowest BCUT2D eigenvalue weighted by molar-refractivity contribution is -0.138. The summed E-state index contributed by atoms with van der Waals surface area (Å²) in [6.45, 7) is 2.24. The van der Waals surface area contributed by atoms with E-state index in [1.807, 2.05) is 41.9 Å². The maximum Gasteiger partial charge on any atom is 0.311 e. The van der Waals surface area contributed by atoms with Crippen LogP contribution >= 0.6 is 0 Å². The van der Waals surface area contributed by atoms with Gasteiger partial charge in [-0.05, 0) is 37.5 Å². The fourth-order valence-corrected chi connectivity index (χ4v) is 4.11. The highest BCUT2D eigenvalue weighted by molar-refractivity contribution is 5.86. The Bertz CT molecular complexity index is 994. The van der Waals surface area contributed by atoms with Crippen molar-refractivity contribution in [2.75, 3.05) is 11.9 Å². The van der Waals surface area contributed by atoms with Crippen molar-refractivity contribution in [1.29, 1.82) is 0 Å². The molecule has 0 bridgehead atoms. The number of carbonyl (C=O) groups is 1. The molecule has 4 rings (SSSR count). The molecule has 1 aliphatic rings. The highest BCUT2D eigenvalue weighted by Gasteiger charge is 2.26. The van der Waals surface area contributed by atoms with E-state index in [4.69, 9.17) is 4.98 Å². The zero-order valence-electron chi connectivity index (χ0n) is 16.0. The summed E-state index contributed by atoms with van der Waals surface area (Å²) in [5, 5.41) is 9.77. The normalized spacial score (nSPS) is 17.7. The summed E-state index contributed by atoms with van der Waals surface area (Å²) >= 11 is 0. The molecular formula is C22H25N3O2. The molecular weight excluding hydrogens is 338 g/mol. The first-order valence-corrected chi connectivity index (χ1v) is 9.45. The predicted octanol–water partition coefficient (Wildman–Crippen LogP) is 3.76. The van der Waals surface area contributed by atoms with Crippen LogP contribution in [0.5, 0.6) is 0 Å². The maximum atomic E-state index is 11.9. The van der Waals surface area contributed by atoms with Crippen molar-refractivity contribution >= 4 is 22.7 Å². The van der Waals surface area contributed by atoms with E-state index < -0.39 is 11.9 Å². The number of nitrogens with zero attached hydrogens (tertiary/aromatic N) is 3. The van der Waals surface area contributed by atoms with Crippen molar-refractivity contribution in [3.8, 4) is 0 Å². The second-order valence-electron chi connectivity index (χ2n) is 7.52. The second kappa shape index (κ2) is 6.72. The molecule has 0 aliphatic carbocycles. The number of carboxylic acids is 1. The smallest absolute Gasteiger partial charge is 0.311 e. The maximum absolute atomic E-state index is 11.9. The topological polar surface area (TPSA) is 58.4 Å². The van der Waals surface area contributed by atoms with Crippen LogP contribution in [0.1, 0.15) is 36.2 Å². The Labute approximate surface area is 159 Å². The Morgan fingerprint density at radius 3 is 2.67 bits per heavy atom. The third-order valence-electron chi connectivity index (χ3n) is 5.97. The summed E-state index contributed by atoms with van der Waals surface area (Å²) in [6, 6.07) is 14.2. The van der Waals surface area contributed by atoms with Crippen molar-refractivity contribution in [3.05, 3.63) is 59.4 Å². The van der Waals surface area contributed by atoms with Gasteiger partial charge in [0.2, 0.25) is 0 Å². The van der Waals surface area contributed by atoms with Crippen LogP contribution in [0, 0.1) is 0 Å². The average Bonchev–Trinajstić information content (AvgIpc) is 2.99. The number of hydrogen-bond acceptors (Lipinski definition) is 3. The molecule has 0 amide bonds. The van der Waals surface area contributed by atoms with Crippen molar-refractivity contribution in [2.45, 2.75) is 38.1 Å². The quantitative estimate of drug-likeness (QED) is 0.767. The lowest BCUT2D eigenvalue weighted by Gasteiger charge is -2.33. The average molecular weight is 363 g/mol. The molecule has 0 radical (unpaired) electrons. The Kier molecular flexibility index (Phi) is 4.38. The summed E-state index contributed by atoms with van der Waals surface area (Å²) < 4.78 is 2.05. The van der Waals surface area contributed by atoms with Crippen LogP contribution in [0.2, 0.25) is 0 Å². The fourth-order valence-electron chi connectivity index (χ4n) is 4.11.